The molecule has 0 aliphatic heterocycles. The lowest BCUT2D eigenvalue weighted by Crippen LogP contribution is -1.98. The van der Waals surface area contributed by atoms with Crippen LogP contribution in [0.4, 0.5) is 5.69 Å². The Bertz CT molecular complexity index is 1720. The van der Waals surface area contributed by atoms with E-state index in [4.69, 9.17) is 14.9 Å². The van der Waals surface area contributed by atoms with Gasteiger partial charge in [0.25, 0.3) is 0 Å². The van der Waals surface area contributed by atoms with Crippen molar-refractivity contribution in [2.75, 3.05) is 5.73 Å². The first-order valence-electron chi connectivity index (χ1n) is 11.7. The van der Waals surface area contributed by atoms with Crippen molar-refractivity contribution in [1.29, 1.82) is 0 Å². The Balaban J connectivity index is 1.29. The van der Waals surface area contributed by atoms with E-state index in [1.807, 2.05) is 85.2 Å². The average molecular weight is 483 g/mol. The number of hydrogen-bond donors (Lipinski definition) is 1. The standard InChI is InChI=1S/C31H22N4O2/c1-20(36-29-11-4-2-9-27(29)32)23-14-24(17-33-16-23)21-7-6-8-22(13-21)25-15-26(19-34-18-25)31-35-28-10-3-5-12-30(28)37-31/h2-19H,1,32H2. The maximum Gasteiger partial charge on any atom is 0.228 e. The van der Waals surface area contributed by atoms with E-state index in [0.29, 0.717) is 23.1 Å². The third-order valence-electron chi connectivity index (χ3n) is 6.02. The number of nitrogens with zero attached hydrogens (tertiary/aromatic N) is 3. The number of anilines is 1. The molecule has 6 rings (SSSR count). The third-order valence-corrected chi connectivity index (χ3v) is 6.02. The molecule has 6 heteroatoms. The Labute approximate surface area is 213 Å². The van der Waals surface area contributed by atoms with Gasteiger partial charge in [0.15, 0.2) is 5.58 Å². The van der Waals surface area contributed by atoms with Crippen molar-refractivity contribution < 1.29 is 9.15 Å². The first kappa shape index (κ1) is 22.2. The highest BCUT2D eigenvalue weighted by molar-refractivity contribution is 5.79. The van der Waals surface area contributed by atoms with Gasteiger partial charge in [0.2, 0.25) is 5.89 Å². The number of rotatable bonds is 6. The van der Waals surface area contributed by atoms with Crippen LogP contribution in [0, 0.1) is 0 Å². The molecule has 0 aliphatic rings. The van der Waals surface area contributed by atoms with Crippen molar-refractivity contribution in [3.05, 3.63) is 122 Å². The van der Waals surface area contributed by atoms with E-state index in [2.05, 4.69) is 27.6 Å². The Morgan fingerprint density at radius 3 is 2.19 bits per heavy atom. The van der Waals surface area contributed by atoms with Crippen LogP contribution >= 0.6 is 0 Å². The van der Waals surface area contributed by atoms with E-state index < -0.39 is 0 Å². The Morgan fingerprint density at radius 1 is 0.703 bits per heavy atom. The summed E-state index contributed by atoms with van der Waals surface area (Å²) in [6.07, 6.45) is 7.14. The van der Waals surface area contributed by atoms with Crippen molar-refractivity contribution in [3.63, 3.8) is 0 Å². The van der Waals surface area contributed by atoms with Crippen LogP contribution < -0.4 is 10.5 Å². The molecular formula is C31H22N4O2. The third kappa shape index (κ3) is 4.56. The van der Waals surface area contributed by atoms with E-state index in [9.17, 15) is 0 Å². The van der Waals surface area contributed by atoms with Crippen LogP contribution in [0.3, 0.4) is 0 Å². The maximum atomic E-state index is 6.01. The van der Waals surface area contributed by atoms with Crippen LogP contribution in [-0.2, 0) is 0 Å². The first-order chi connectivity index (χ1) is 18.1. The summed E-state index contributed by atoms with van der Waals surface area (Å²) >= 11 is 0. The topological polar surface area (TPSA) is 87.1 Å². The van der Waals surface area contributed by atoms with Gasteiger partial charge in [0, 0.05) is 41.5 Å². The van der Waals surface area contributed by atoms with Crippen molar-refractivity contribution in [1.82, 2.24) is 15.0 Å². The zero-order valence-electron chi connectivity index (χ0n) is 19.8. The molecule has 0 aliphatic carbocycles. The summed E-state index contributed by atoms with van der Waals surface area (Å²) in [5.74, 6) is 1.58. The van der Waals surface area contributed by atoms with E-state index in [1.165, 1.54) is 0 Å². The number of benzene rings is 3. The number of nitrogen functional groups attached to an aromatic ring is 1. The summed E-state index contributed by atoms with van der Waals surface area (Å²) in [6.45, 7) is 4.07. The second kappa shape index (κ2) is 9.43. The minimum Gasteiger partial charge on any atom is -0.455 e. The molecule has 0 saturated carbocycles. The van der Waals surface area contributed by atoms with E-state index in [0.717, 1.165) is 44.5 Å². The Hall–Kier alpha value is -5.23. The molecule has 0 bridgehead atoms. The number of ether oxygens (including phenoxy) is 1. The van der Waals surface area contributed by atoms with Gasteiger partial charge in [-0.05, 0) is 53.6 Å². The van der Waals surface area contributed by atoms with Crippen molar-refractivity contribution in [2.24, 2.45) is 0 Å². The van der Waals surface area contributed by atoms with Crippen LogP contribution in [-0.4, -0.2) is 15.0 Å². The minimum atomic E-state index is 0.471. The SMILES string of the molecule is C=C(Oc1ccccc1N)c1cncc(-c2cccc(-c3cncc(-c4nc5ccccc5o4)c3)c2)c1. The molecule has 6 nitrogen and oxygen atoms in total. The number of hydrogen-bond acceptors (Lipinski definition) is 6. The van der Waals surface area contributed by atoms with E-state index in [-0.39, 0.29) is 0 Å². The fraction of sp³-hybridized carbons (Fsp3) is 0. The number of oxazole rings is 1. The second-order valence-electron chi connectivity index (χ2n) is 8.56. The lowest BCUT2D eigenvalue weighted by Gasteiger charge is -2.12. The zero-order valence-corrected chi connectivity index (χ0v) is 19.8. The molecule has 0 amide bonds. The smallest absolute Gasteiger partial charge is 0.228 e. The van der Waals surface area contributed by atoms with Crippen LogP contribution in [0.15, 0.2) is 121 Å². The summed E-state index contributed by atoms with van der Waals surface area (Å²) < 4.78 is 11.8. The largest absolute Gasteiger partial charge is 0.455 e. The Morgan fingerprint density at radius 2 is 1.38 bits per heavy atom. The number of para-hydroxylation sites is 4. The molecule has 0 radical (unpaired) electrons. The molecule has 3 heterocycles. The average Bonchev–Trinajstić information content (AvgIpc) is 3.39. The second-order valence-corrected chi connectivity index (χ2v) is 8.56. The fourth-order valence-electron chi connectivity index (χ4n) is 4.10. The quantitative estimate of drug-likeness (QED) is 0.199. The van der Waals surface area contributed by atoms with Gasteiger partial charge in [-0.15, -0.1) is 0 Å². The van der Waals surface area contributed by atoms with Gasteiger partial charge in [0.05, 0.1) is 11.3 Å². The molecular weight excluding hydrogens is 460 g/mol. The molecule has 0 unspecified atom stereocenters. The molecule has 2 N–H and O–H groups in total. The monoisotopic (exact) mass is 482 g/mol. The molecule has 6 aromatic rings. The van der Waals surface area contributed by atoms with Crippen molar-refractivity contribution in [3.8, 4) is 39.5 Å². The van der Waals surface area contributed by atoms with Gasteiger partial charge in [-0.25, -0.2) is 4.98 Å². The summed E-state index contributed by atoms with van der Waals surface area (Å²) in [7, 11) is 0. The van der Waals surface area contributed by atoms with Gasteiger partial charge in [-0.1, -0.05) is 49.0 Å². The zero-order chi connectivity index (χ0) is 25.2. The minimum absolute atomic E-state index is 0.471. The summed E-state index contributed by atoms with van der Waals surface area (Å²) in [5.41, 5.74) is 13.6. The highest BCUT2D eigenvalue weighted by Gasteiger charge is 2.11. The lowest BCUT2D eigenvalue weighted by molar-refractivity contribution is 0.519. The summed E-state index contributed by atoms with van der Waals surface area (Å²) in [5, 5.41) is 0. The predicted octanol–water partition coefficient (Wildman–Crippen LogP) is 7.25. The van der Waals surface area contributed by atoms with Crippen LogP contribution in [0.25, 0.3) is 50.6 Å². The fourth-order valence-corrected chi connectivity index (χ4v) is 4.10. The molecule has 37 heavy (non-hydrogen) atoms. The lowest BCUT2D eigenvalue weighted by atomic mass is 9.99. The van der Waals surface area contributed by atoms with Crippen LogP contribution in [0.1, 0.15) is 5.56 Å². The molecule has 3 aromatic heterocycles. The molecule has 0 saturated heterocycles. The number of fused-ring (bicyclic) bond motifs is 1. The molecule has 0 atom stereocenters. The van der Waals surface area contributed by atoms with E-state index >= 15 is 0 Å². The Kier molecular flexibility index (Phi) is 5.67. The van der Waals surface area contributed by atoms with Gasteiger partial charge in [-0.3, -0.25) is 9.97 Å². The van der Waals surface area contributed by atoms with Crippen molar-refractivity contribution >= 4 is 22.5 Å². The number of nitrogens with two attached hydrogens (primary N) is 1. The molecule has 178 valence electrons. The number of pyridine rings is 2. The highest BCUT2D eigenvalue weighted by atomic mass is 16.5. The maximum absolute atomic E-state index is 6.01. The molecule has 3 aromatic carbocycles. The summed E-state index contributed by atoms with van der Waals surface area (Å²) in [4.78, 5) is 13.5. The highest BCUT2D eigenvalue weighted by Crippen LogP contribution is 2.31. The van der Waals surface area contributed by atoms with Gasteiger partial charge in [-0.2, -0.15) is 0 Å². The molecule has 0 spiro atoms. The first-order valence-corrected chi connectivity index (χ1v) is 11.7. The predicted molar refractivity (Wildman–Crippen MR) is 146 cm³/mol. The molecule has 0 fully saturated rings. The summed E-state index contributed by atoms with van der Waals surface area (Å²) in [6, 6.07) is 27.3. The van der Waals surface area contributed by atoms with Crippen molar-refractivity contribution in [2.45, 2.75) is 0 Å². The van der Waals surface area contributed by atoms with Gasteiger partial charge >= 0.3 is 0 Å². The van der Waals surface area contributed by atoms with E-state index in [1.54, 1.807) is 18.5 Å². The van der Waals surface area contributed by atoms with Crippen LogP contribution in [0.2, 0.25) is 0 Å². The van der Waals surface area contributed by atoms with Crippen LogP contribution in [0.5, 0.6) is 5.75 Å². The van der Waals surface area contributed by atoms with Gasteiger partial charge in [0.1, 0.15) is 17.0 Å². The van der Waals surface area contributed by atoms with Gasteiger partial charge < -0.3 is 14.9 Å². The normalized spacial score (nSPS) is 10.9. The number of aromatic nitrogens is 3.